The molecule has 0 radical (unpaired) electrons. The summed E-state index contributed by atoms with van der Waals surface area (Å²) in [4.78, 5) is 4.54. The SMILES string of the molecule is FC(F)(F)COCCNC1=NCC2(CCCCC2)CS1. The molecule has 1 heterocycles. The zero-order valence-corrected chi connectivity index (χ0v) is 12.3. The minimum Gasteiger partial charge on any atom is -0.370 e. The quantitative estimate of drug-likeness (QED) is 0.810. The number of rotatable bonds is 4. The van der Waals surface area contributed by atoms with E-state index in [0.29, 0.717) is 12.0 Å². The smallest absolute Gasteiger partial charge is 0.370 e. The largest absolute Gasteiger partial charge is 0.411 e. The van der Waals surface area contributed by atoms with Crippen molar-refractivity contribution in [2.45, 2.75) is 38.3 Å². The number of ether oxygens (including phenoxy) is 1. The van der Waals surface area contributed by atoms with Crippen LogP contribution < -0.4 is 5.32 Å². The van der Waals surface area contributed by atoms with Gasteiger partial charge in [0.15, 0.2) is 5.17 Å². The average Bonchev–Trinajstić information content (AvgIpc) is 2.40. The Balaban J connectivity index is 1.63. The number of thioether (sulfide) groups is 1. The lowest BCUT2D eigenvalue weighted by Gasteiger charge is -2.38. The highest BCUT2D eigenvalue weighted by Crippen LogP contribution is 2.41. The lowest BCUT2D eigenvalue weighted by atomic mass is 9.75. The van der Waals surface area contributed by atoms with E-state index in [4.69, 9.17) is 0 Å². The van der Waals surface area contributed by atoms with E-state index in [1.165, 1.54) is 32.1 Å². The molecular formula is C13H21F3N2OS. The normalized spacial score (nSPS) is 22.6. The van der Waals surface area contributed by atoms with Gasteiger partial charge in [0, 0.05) is 18.8 Å². The summed E-state index contributed by atoms with van der Waals surface area (Å²) in [5.41, 5.74) is 0.376. The zero-order valence-electron chi connectivity index (χ0n) is 11.5. The third-order valence-electron chi connectivity index (χ3n) is 3.78. The van der Waals surface area contributed by atoms with Crippen LogP contribution >= 0.6 is 11.8 Å². The Kier molecular flexibility index (Phi) is 5.60. The number of halogens is 3. The number of alkyl halides is 3. The van der Waals surface area contributed by atoms with Crippen molar-refractivity contribution in [2.75, 3.05) is 32.1 Å². The van der Waals surface area contributed by atoms with Gasteiger partial charge in [-0.3, -0.25) is 4.99 Å². The predicted octanol–water partition coefficient (Wildman–Crippen LogP) is 3.21. The van der Waals surface area contributed by atoms with Gasteiger partial charge in [-0.05, 0) is 18.3 Å². The summed E-state index contributed by atoms with van der Waals surface area (Å²) in [5.74, 6) is 1.07. The molecule has 1 saturated carbocycles. The third-order valence-corrected chi connectivity index (χ3v) is 5.08. The van der Waals surface area contributed by atoms with Gasteiger partial charge in [0.2, 0.25) is 0 Å². The molecule has 1 spiro atoms. The molecule has 2 aliphatic rings. The van der Waals surface area contributed by atoms with E-state index in [1.54, 1.807) is 11.8 Å². The fourth-order valence-corrected chi connectivity index (χ4v) is 3.86. The first kappa shape index (κ1) is 15.9. The summed E-state index contributed by atoms with van der Waals surface area (Å²) in [6.07, 6.45) is 2.19. The molecule has 0 unspecified atom stereocenters. The van der Waals surface area contributed by atoms with Gasteiger partial charge in [0.1, 0.15) is 6.61 Å². The van der Waals surface area contributed by atoms with Gasteiger partial charge in [0.05, 0.1) is 6.61 Å². The summed E-state index contributed by atoms with van der Waals surface area (Å²) in [5, 5.41) is 3.89. The van der Waals surface area contributed by atoms with E-state index in [9.17, 15) is 13.2 Å². The molecule has 0 saturated heterocycles. The fourth-order valence-electron chi connectivity index (χ4n) is 2.68. The van der Waals surface area contributed by atoms with Gasteiger partial charge in [-0.2, -0.15) is 13.2 Å². The monoisotopic (exact) mass is 310 g/mol. The van der Waals surface area contributed by atoms with Gasteiger partial charge < -0.3 is 10.1 Å². The van der Waals surface area contributed by atoms with E-state index in [1.807, 2.05) is 0 Å². The highest BCUT2D eigenvalue weighted by atomic mass is 32.2. The molecule has 0 aromatic rings. The van der Waals surface area contributed by atoms with Crippen molar-refractivity contribution in [3.05, 3.63) is 0 Å². The average molecular weight is 310 g/mol. The minimum absolute atomic E-state index is 0.0459. The Bertz CT molecular complexity index is 341. The van der Waals surface area contributed by atoms with Crippen molar-refractivity contribution in [1.29, 1.82) is 0 Å². The number of hydrogen-bond donors (Lipinski definition) is 1. The molecule has 116 valence electrons. The number of hydrogen-bond acceptors (Lipinski definition) is 4. The third kappa shape index (κ3) is 5.16. The summed E-state index contributed by atoms with van der Waals surface area (Å²) in [7, 11) is 0. The lowest BCUT2D eigenvalue weighted by molar-refractivity contribution is -0.173. The maximum Gasteiger partial charge on any atom is 0.411 e. The van der Waals surface area contributed by atoms with Crippen LogP contribution in [0, 0.1) is 5.41 Å². The standard InChI is InChI=1S/C13H21F3N2OS/c14-13(15,16)9-19-7-6-17-11-18-8-12(10-20-11)4-2-1-3-5-12/h1-10H2,(H,17,18). The Morgan fingerprint density at radius 3 is 2.60 bits per heavy atom. The van der Waals surface area contributed by atoms with Crippen molar-refractivity contribution < 1.29 is 17.9 Å². The first-order chi connectivity index (χ1) is 9.49. The van der Waals surface area contributed by atoms with Crippen molar-refractivity contribution in [1.82, 2.24) is 5.32 Å². The molecule has 0 aromatic carbocycles. The van der Waals surface area contributed by atoms with Crippen LogP contribution in [0.5, 0.6) is 0 Å². The van der Waals surface area contributed by atoms with Crippen LogP contribution in [0.3, 0.4) is 0 Å². The maximum absolute atomic E-state index is 11.9. The molecule has 3 nitrogen and oxygen atoms in total. The summed E-state index contributed by atoms with van der Waals surface area (Å²) >= 11 is 1.69. The predicted molar refractivity (Wildman–Crippen MR) is 75.2 cm³/mol. The lowest BCUT2D eigenvalue weighted by Crippen LogP contribution is -2.37. The fraction of sp³-hybridized carbons (Fsp3) is 0.923. The molecule has 7 heteroatoms. The van der Waals surface area contributed by atoms with Crippen molar-refractivity contribution in [3.63, 3.8) is 0 Å². The highest BCUT2D eigenvalue weighted by molar-refractivity contribution is 8.13. The second-order valence-corrected chi connectivity index (χ2v) is 6.53. The molecule has 1 N–H and O–H groups in total. The molecule has 1 fully saturated rings. The number of amidine groups is 1. The molecule has 2 rings (SSSR count). The summed E-state index contributed by atoms with van der Waals surface area (Å²) in [6.45, 7) is 0.0856. The molecule has 0 aromatic heterocycles. The molecule has 0 atom stereocenters. The number of nitrogens with one attached hydrogen (secondary N) is 1. The van der Waals surface area contributed by atoms with E-state index in [0.717, 1.165) is 17.5 Å². The number of aliphatic imine (C=N–C) groups is 1. The van der Waals surface area contributed by atoms with Crippen molar-refractivity contribution in [3.8, 4) is 0 Å². The summed E-state index contributed by atoms with van der Waals surface area (Å²) in [6, 6.07) is 0. The summed E-state index contributed by atoms with van der Waals surface area (Å²) < 4.78 is 40.1. The molecule has 20 heavy (non-hydrogen) atoms. The second kappa shape index (κ2) is 7.02. The van der Waals surface area contributed by atoms with Crippen molar-refractivity contribution in [2.24, 2.45) is 10.4 Å². The van der Waals surface area contributed by atoms with Crippen LogP contribution in [0.25, 0.3) is 0 Å². The molecular weight excluding hydrogens is 289 g/mol. The highest BCUT2D eigenvalue weighted by Gasteiger charge is 2.34. The Labute approximate surface area is 121 Å². The Morgan fingerprint density at radius 2 is 2.00 bits per heavy atom. The number of nitrogens with zero attached hydrogens (tertiary/aromatic N) is 1. The maximum atomic E-state index is 11.9. The topological polar surface area (TPSA) is 33.6 Å². The Hall–Kier alpha value is -0.430. The van der Waals surface area contributed by atoms with Gasteiger partial charge in [0.25, 0.3) is 0 Å². The van der Waals surface area contributed by atoms with Gasteiger partial charge in [-0.25, -0.2) is 0 Å². The van der Waals surface area contributed by atoms with Gasteiger partial charge in [-0.1, -0.05) is 31.0 Å². The van der Waals surface area contributed by atoms with Crippen molar-refractivity contribution >= 4 is 16.9 Å². The molecule has 1 aliphatic heterocycles. The van der Waals surface area contributed by atoms with Crippen LogP contribution in [0.1, 0.15) is 32.1 Å². The first-order valence-electron chi connectivity index (χ1n) is 7.05. The van der Waals surface area contributed by atoms with Crippen LogP contribution in [0.15, 0.2) is 4.99 Å². The zero-order chi connectivity index (χ0) is 14.5. The van der Waals surface area contributed by atoms with E-state index < -0.39 is 12.8 Å². The van der Waals surface area contributed by atoms with Crippen LogP contribution in [-0.4, -0.2) is 43.4 Å². The van der Waals surface area contributed by atoms with Gasteiger partial charge in [-0.15, -0.1) is 0 Å². The van der Waals surface area contributed by atoms with Crippen LogP contribution in [0.4, 0.5) is 13.2 Å². The second-order valence-electron chi connectivity index (χ2n) is 5.57. The van der Waals surface area contributed by atoms with Gasteiger partial charge >= 0.3 is 6.18 Å². The molecule has 1 aliphatic carbocycles. The van der Waals surface area contributed by atoms with E-state index >= 15 is 0 Å². The van der Waals surface area contributed by atoms with E-state index in [2.05, 4.69) is 15.0 Å². The van der Waals surface area contributed by atoms with E-state index in [-0.39, 0.29) is 6.61 Å². The minimum atomic E-state index is -4.25. The Morgan fingerprint density at radius 1 is 1.25 bits per heavy atom. The molecule has 0 amide bonds. The molecule has 0 bridgehead atoms. The van der Waals surface area contributed by atoms with Crippen LogP contribution in [0.2, 0.25) is 0 Å². The first-order valence-corrected chi connectivity index (χ1v) is 8.03. The van der Waals surface area contributed by atoms with Crippen LogP contribution in [-0.2, 0) is 4.74 Å².